The highest BCUT2D eigenvalue weighted by atomic mass is 32.2. The van der Waals surface area contributed by atoms with Gasteiger partial charge in [-0.15, -0.1) is 11.8 Å². The third-order valence-corrected chi connectivity index (χ3v) is 4.38. The van der Waals surface area contributed by atoms with Gasteiger partial charge in [0.05, 0.1) is 18.2 Å². The van der Waals surface area contributed by atoms with Gasteiger partial charge in [-0.2, -0.15) is 0 Å². The molecule has 0 saturated carbocycles. The van der Waals surface area contributed by atoms with Crippen molar-refractivity contribution in [3.63, 3.8) is 0 Å². The lowest BCUT2D eigenvalue weighted by Crippen LogP contribution is -2.42. The van der Waals surface area contributed by atoms with Crippen LogP contribution in [0.5, 0.6) is 0 Å². The van der Waals surface area contributed by atoms with Crippen molar-refractivity contribution >= 4 is 27.7 Å². The molecule has 1 aliphatic heterocycles. The standard InChI is InChI=1S/C10H21N3O3S2/c1-18(15,16)12-5-3-2-4-9(11)10(14)13-6-7-17-8-13/h9,12H,2-8,11H2,1H3. The Morgan fingerprint density at radius 2 is 2.22 bits per heavy atom. The Labute approximate surface area is 113 Å². The number of carbonyl (C=O) groups excluding carboxylic acids is 1. The fraction of sp³-hybridized carbons (Fsp3) is 0.900. The van der Waals surface area contributed by atoms with Crippen LogP contribution in [-0.4, -0.2) is 56.2 Å². The van der Waals surface area contributed by atoms with E-state index in [1.165, 1.54) is 0 Å². The molecular weight excluding hydrogens is 274 g/mol. The summed E-state index contributed by atoms with van der Waals surface area (Å²) in [6.45, 7) is 1.19. The zero-order valence-corrected chi connectivity index (χ0v) is 12.2. The van der Waals surface area contributed by atoms with Crippen molar-refractivity contribution in [1.29, 1.82) is 0 Å². The van der Waals surface area contributed by atoms with E-state index in [9.17, 15) is 13.2 Å². The van der Waals surface area contributed by atoms with Crippen molar-refractivity contribution in [2.75, 3.05) is 31.0 Å². The minimum atomic E-state index is -3.11. The summed E-state index contributed by atoms with van der Waals surface area (Å²) in [5, 5.41) is 0. The number of amides is 1. The van der Waals surface area contributed by atoms with Crippen LogP contribution in [0.25, 0.3) is 0 Å². The highest BCUT2D eigenvalue weighted by Gasteiger charge is 2.23. The molecule has 1 amide bonds. The molecule has 0 aromatic carbocycles. The lowest BCUT2D eigenvalue weighted by atomic mass is 10.1. The summed E-state index contributed by atoms with van der Waals surface area (Å²) in [5.41, 5.74) is 5.83. The maximum absolute atomic E-state index is 11.8. The van der Waals surface area contributed by atoms with Crippen LogP contribution in [0.1, 0.15) is 19.3 Å². The quantitative estimate of drug-likeness (QED) is 0.622. The molecule has 1 atom stereocenters. The SMILES string of the molecule is CS(=O)(=O)NCCCCC(N)C(=O)N1CCSC1. The number of nitrogens with one attached hydrogen (secondary N) is 1. The second-order valence-electron chi connectivity index (χ2n) is 4.41. The first-order valence-corrected chi connectivity index (χ1v) is 9.01. The predicted octanol–water partition coefficient (Wildman–Crippen LogP) is -0.434. The van der Waals surface area contributed by atoms with E-state index in [2.05, 4.69) is 4.72 Å². The number of nitrogens with zero attached hydrogens (tertiary/aromatic N) is 1. The molecule has 18 heavy (non-hydrogen) atoms. The molecular formula is C10H21N3O3S2. The lowest BCUT2D eigenvalue weighted by Gasteiger charge is -2.19. The number of hydrogen-bond donors (Lipinski definition) is 2. The van der Waals surface area contributed by atoms with Gasteiger partial charge < -0.3 is 10.6 Å². The van der Waals surface area contributed by atoms with Gasteiger partial charge in [0, 0.05) is 18.8 Å². The Morgan fingerprint density at radius 1 is 1.50 bits per heavy atom. The molecule has 8 heteroatoms. The Hall–Kier alpha value is -0.310. The average molecular weight is 295 g/mol. The van der Waals surface area contributed by atoms with Gasteiger partial charge in [0.2, 0.25) is 15.9 Å². The van der Waals surface area contributed by atoms with Crippen LogP contribution in [0.15, 0.2) is 0 Å². The smallest absolute Gasteiger partial charge is 0.240 e. The van der Waals surface area contributed by atoms with Crippen molar-refractivity contribution < 1.29 is 13.2 Å². The Balaban J connectivity index is 2.13. The van der Waals surface area contributed by atoms with E-state index in [1.807, 2.05) is 0 Å². The van der Waals surface area contributed by atoms with Crippen LogP contribution in [0.3, 0.4) is 0 Å². The largest absolute Gasteiger partial charge is 0.331 e. The van der Waals surface area contributed by atoms with Crippen LogP contribution in [-0.2, 0) is 14.8 Å². The number of sulfonamides is 1. The van der Waals surface area contributed by atoms with E-state index in [1.54, 1.807) is 16.7 Å². The summed E-state index contributed by atoms with van der Waals surface area (Å²) >= 11 is 1.74. The van der Waals surface area contributed by atoms with Crippen molar-refractivity contribution in [2.24, 2.45) is 5.73 Å². The van der Waals surface area contributed by atoms with E-state index in [0.29, 0.717) is 19.4 Å². The van der Waals surface area contributed by atoms with Crippen LogP contribution in [0.2, 0.25) is 0 Å². The number of thioether (sulfide) groups is 1. The molecule has 1 rings (SSSR count). The molecule has 0 radical (unpaired) electrons. The number of nitrogens with two attached hydrogens (primary N) is 1. The van der Waals surface area contributed by atoms with E-state index in [4.69, 9.17) is 5.73 Å². The molecule has 1 aliphatic rings. The molecule has 0 spiro atoms. The summed E-state index contributed by atoms with van der Waals surface area (Å²) in [6.07, 6.45) is 3.18. The zero-order chi connectivity index (χ0) is 13.6. The molecule has 1 unspecified atom stereocenters. The Bertz CT molecular complexity index is 367. The van der Waals surface area contributed by atoms with Gasteiger partial charge >= 0.3 is 0 Å². The highest BCUT2D eigenvalue weighted by molar-refractivity contribution is 7.99. The zero-order valence-electron chi connectivity index (χ0n) is 10.6. The van der Waals surface area contributed by atoms with Crippen LogP contribution < -0.4 is 10.5 Å². The van der Waals surface area contributed by atoms with Gasteiger partial charge in [0.15, 0.2) is 0 Å². The molecule has 0 aromatic heterocycles. The topological polar surface area (TPSA) is 92.5 Å². The summed E-state index contributed by atoms with van der Waals surface area (Å²) in [6, 6.07) is -0.457. The first-order valence-electron chi connectivity index (χ1n) is 5.97. The van der Waals surface area contributed by atoms with Gasteiger partial charge in [-0.1, -0.05) is 6.42 Å². The van der Waals surface area contributed by atoms with Crippen LogP contribution >= 0.6 is 11.8 Å². The van der Waals surface area contributed by atoms with Crippen molar-refractivity contribution in [1.82, 2.24) is 9.62 Å². The summed E-state index contributed by atoms with van der Waals surface area (Å²) in [4.78, 5) is 13.6. The molecule has 1 saturated heterocycles. The number of carbonyl (C=O) groups is 1. The molecule has 3 N–H and O–H groups in total. The van der Waals surface area contributed by atoms with E-state index in [0.717, 1.165) is 30.9 Å². The summed E-state index contributed by atoms with van der Waals surface area (Å²) < 4.78 is 24.0. The second-order valence-corrected chi connectivity index (χ2v) is 7.32. The van der Waals surface area contributed by atoms with E-state index in [-0.39, 0.29) is 5.91 Å². The molecule has 106 valence electrons. The minimum absolute atomic E-state index is 0.0103. The van der Waals surface area contributed by atoms with Crippen LogP contribution in [0, 0.1) is 0 Å². The molecule has 1 fully saturated rings. The third kappa shape index (κ3) is 6.03. The van der Waals surface area contributed by atoms with Gasteiger partial charge in [0.1, 0.15) is 0 Å². The fourth-order valence-corrected chi connectivity index (χ4v) is 3.16. The third-order valence-electron chi connectivity index (χ3n) is 2.69. The molecule has 6 nitrogen and oxygen atoms in total. The molecule has 0 aromatic rings. The Morgan fingerprint density at radius 3 is 2.78 bits per heavy atom. The fourth-order valence-electron chi connectivity index (χ4n) is 1.69. The van der Waals surface area contributed by atoms with Gasteiger partial charge in [-0.25, -0.2) is 13.1 Å². The highest BCUT2D eigenvalue weighted by Crippen LogP contribution is 2.15. The number of unbranched alkanes of at least 4 members (excludes halogenated alkanes) is 1. The normalized spacial score (nSPS) is 18.0. The maximum Gasteiger partial charge on any atom is 0.240 e. The van der Waals surface area contributed by atoms with E-state index < -0.39 is 16.1 Å². The Kier molecular flexibility index (Phi) is 6.40. The monoisotopic (exact) mass is 295 g/mol. The molecule has 0 aliphatic carbocycles. The van der Waals surface area contributed by atoms with Crippen molar-refractivity contribution in [3.05, 3.63) is 0 Å². The molecule has 1 heterocycles. The first-order chi connectivity index (χ1) is 8.40. The van der Waals surface area contributed by atoms with Gasteiger partial charge in [0.25, 0.3) is 0 Å². The minimum Gasteiger partial charge on any atom is -0.331 e. The van der Waals surface area contributed by atoms with Crippen molar-refractivity contribution in [3.8, 4) is 0 Å². The predicted molar refractivity (Wildman–Crippen MR) is 73.7 cm³/mol. The van der Waals surface area contributed by atoms with Gasteiger partial charge in [-0.05, 0) is 12.8 Å². The lowest BCUT2D eigenvalue weighted by molar-refractivity contribution is -0.131. The average Bonchev–Trinajstić information content (AvgIpc) is 2.79. The summed E-state index contributed by atoms with van der Waals surface area (Å²) in [7, 11) is -3.11. The van der Waals surface area contributed by atoms with Crippen LogP contribution in [0.4, 0.5) is 0 Å². The number of rotatable bonds is 7. The van der Waals surface area contributed by atoms with E-state index >= 15 is 0 Å². The maximum atomic E-state index is 11.8. The molecule has 0 bridgehead atoms. The van der Waals surface area contributed by atoms with Crippen molar-refractivity contribution in [2.45, 2.75) is 25.3 Å². The number of hydrogen-bond acceptors (Lipinski definition) is 5. The first kappa shape index (κ1) is 15.7. The van der Waals surface area contributed by atoms with Gasteiger partial charge in [-0.3, -0.25) is 4.79 Å². The second kappa shape index (κ2) is 7.32. The summed E-state index contributed by atoms with van der Waals surface area (Å²) in [5.74, 6) is 1.73.